The van der Waals surface area contributed by atoms with Crippen LogP contribution in [0.15, 0.2) is 24.3 Å². The maximum Gasteiger partial charge on any atom is 0.263 e. The molecular formula is C17H18F2N4. The average molecular weight is 316 g/mol. The summed E-state index contributed by atoms with van der Waals surface area (Å²) in [5, 5.41) is 20.7. The Morgan fingerprint density at radius 1 is 1.13 bits per heavy atom. The van der Waals surface area contributed by atoms with Gasteiger partial charge in [-0.2, -0.15) is 10.4 Å². The molecule has 0 atom stereocenters. The summed E-state index contributed by atoms with van der Waals surface area (Å²) >= 11 is 0. The normalized spacial score (nSPS) is 10.6. The van der Waals surface area contributed by atoms with Crippen LogP contribution in [0.25, 0.3) is 0 Å². The number of alkyl halides is 2. The fourth-order valence-corrected chi connectivity index (χ4v) is 2.38. The van der Waals surface area contributed by atoms with E-state index in [9.17, 15) is 14.0 Å². The van der Waals surface area contributed by atoms with Gasteiger partial charge < -0.3 is 5.32 Å². The molecule has 2 aromatic rings. The molecule has 0 fully saturated rings. The molecule has 0 bridgehead atoms. The van der Waals surface area contributed by atoms with Gasteiger partial charge in [0.1, 0.15) is 11.6 Å². The number of nitrogens with one attached hydrogen (secondary N) is 1. The number of aromatic nitrogens is 2. The van der Waals surface area contributed by atoms with Crippen molar-refractivity contribution in [3.8, 4) is 6.07 Å². The van der Waals surface area contributed by atoms with Gasteiger partial charge in [0.25, 0.3) is 6.43 Å². The van der Waals surface area contributed by atoms with Crippen molar-refractivity contribution in [2.24, 2.45) is 0 Å². The van der Waals surface area contributed by atoms with Gasteiger partial charge in [0.15, 0.2) is 5.82 Å². The molecule has 0 amide bonds. The molecule has 0 spiro atoms. The van der Waals surface area contributed by atoms with Crippen LogP contribution in [-0.4, -0.2) is 10.2 Å². The minimum absolute atomic E-state index is 0.00757. The summed E-state index contributed by atoms with van der Waals surface area (Å²) in [5.74, 6) is 0.430. The minimum Gasteiger partial charge on any atom is -0.363 e. The van der Waals surface area contributed by atoms with Gasteiger partial charge >= 0.3 is 0 Å². The lowest BCUT2D eigenvalue weighted by Gasteiger charge is -2.12. The fraction of sp³-hybridized carbons (Fsp3) is 0.353. The summed E-state index contributed by atoms with van der Waals surface area (Å²) in [6, 6.07) is 8.25. The Hall–Kier alpha value is -2.55. The number of nitriles is 1. The van der Waals surface area contributed by atoms with Crippen molar-refractivity contribution >= 4 is 5.82 Å². The second-order valence-electron chi connectivity index (χ2n) is 5.06. The first kappa shape index (κ1) is 16.8. The predicted octanol–water partition coefficient (Wildman–Crippen LogP) is 4.02. The number of halogens is 2. The Balaban J connectivity index is 2.19. The Kier molecular flexibility index (Phi) is 5.58. The van der Waals surface area contributed by atoms with Gasteiger partial charge in [-0.15, -0.1) is 5.10 Å². The molecule has 0 aliphatic carbocycles. The molecule has 1 aromatic carbocycles. The van der Waals surface area contributed by atoms with E-state index in [0.29, 0.717) is 24.3 Å². The molecule has 1 heterocycles. The Morgan fingerprint density at radius 2 is 1.83 bits per heavy atom. The highest BCUT2D eigenvalue weighted by Crippen LogP contribution is 2.22. The molecule has 1 N–H and O–H groups in total. The van der Waals surface area contributed by atoms with E-state index >= 15 is 0 Å². The van der Waals surface area contributed by atoms with E-state index in [1.54, 1.807) is 12.1 Å². The molecule has 6 heteroatoms. The van der Waals surface area contributed by atoms with E-state index in [-0.39, 0.29) is 5.56 Å². The fourth-order valence-electron chi connectivity index (χ4n) is 2.38. The smallest absolute Gasteiger partial charge is 0.263 e. The van der Waals surface area contributed by atoms with Gasteiger partial charge in [0.2, 0.25) is 0 Å². The molecule has 0 radical (unpaired) electrons. The van der Waals surface area contributed by atoms with Crippen molar-refractivity contribution in [1.82, 2.24) is 10.2 Å². The van der Waals surface area contributed by atoms with E-state index in [1.165, 1.54) is 12.1 Å². The van der Waals surface area contributed by atoms with Gasteiger partial charge in [-0.05, 0) is 24.0 Å². The second kappa shape index (κ2) is 7.63. The molecule has 0 unspecified atom stereocenters. The van der Waals surface area contributed by atoms with Crippen LogP contribution in [0.2, 0.25) is 0 Å². The number of hydrogen-bond acceptors (Lipinski definition) is 4. The third-order valence-corrected chi connectivity index (χ3v) is 3.65. The highest BCUT2D eigenvalue weighted by molar-refractivity contribution is 5.56. The molecular weight excluding hydrogens is 298 g/mol. The zero-order chi connectivity index (χ0) is 16.8. The van der Waals surface area contributed by atoms with Crippen molar-refractivity contribution < 1.29 is 8.78 Å². The van der Waals surface area contributed by atoms with E-state index in [4.69, 9.17) is 0 Å². The highest BCUT2D eigenvalue weighted by Gasteiger charge is 2.14. The topological polar surface area (TPSA) is 61.6 Å². The lowest BCUT2D eigenvalue weighted by atomic mass is 10.0. The first-order chi connectivity index (χ1) is 11.1. The molecule has 0 saturated carbocycles. The van der Waals surface area contributed by atoms with E-state index < -0.39 is 6.43 Å². The molecule has 4 nitrogen and oxygen atoms in total. The van der Waals surface area contributed by atoms with E-state index in [2.05, 4.69) is 21.6 Å². The lowest BCUT2D eigenvalue weighted by molar-refractivity contribution is 0.151. The second-order valence-corrected chi connectivity index (χ2v) is 5.06. The molecule has 0 aliphatic heterocycles. The third-order valence-electron chi connectivity index (χ3n) is 3.65. The summed E-state index contributed by atoms with van der Waals surface area (Å²) in [6.07, 6.45) is -1.04. The summed E-state index contributed by atoms with van der Waals surface area (Å²) in [6.45, 7) is 4.34. The third kappa shape index (κ3) is 3.81. The zero-order valence-corrected chi connectivity index (χ0v) is 13.1. The first-order valence-corrected chi connectivity index (χ1v) is 7.50. The number of aryl methyl sites for hydroxylation is 1. The number of hydrogen-bond donors (Lipinski definition) is 1. The Bertz CT molecular complexity index is 706. The van der Waals surface area contributed by atoms with Crippen LogP contribution >= 0.6 is 0 Å². The molecule has 120 valence electrons. The van der Waals surface area contributed by atoms with Crippen LogP contribution in [0.3, 0.4) is 0 Å². The van der Waals surface area contributed by atoms with Crippen LogP contribution in [0.1, 0.15) is 48.2 Å². The molecule has 0 saturated heterocycles. The van der Waals surface area contributed by atoms with Crippen LogP contribution in [0.4, 0.5) is 14.6 Å². The van der Waals surface area contributed by atoms with Crippen LogP contribution in [0, 0.1) is 11.3 Å². The van der Waals surface area contributed by atoms with Gasteiger partial charge in [-0.25, -0.2) is 8.78 Å². The number of anilines is 1. The maximum atomic E-state index is 12.5. The van der Waals surface area contributed by atoms with Crippen molar-refractivity contribution in [3.05, 3.63) is 52.2 Å². The Labute approximate surface area is 134 Å². The summed E-state index contributed by atoms with van der Waals surface area (Å²) in [7, 11) is 0. The highest BCUT2D eigenvalue weighted by atomic mass is 19.3. The number of rotatable bonds is 6. The van der Waals surface area contributed by atoms with Crippen molar-refractivity contribution in [1.29, 1.82) is 5.26 Å². The summed E-state index contributed by atoms with van der Waals surface area (Å²) < 4.78 is 25.1. The van der Waals surface area contributed by atoms with Crippen LogP contribution in [-0.2, 0) is 19.4 Å². The van der Waals surface area contributed by atoms with Gasteiger partial charge in [-0.3, -0.25) is 0 Å². The predicted molar refractivity (Wildman–Crippen MR) is 84.2 cm³/mol. The van der Waals surface area contributed by atoms with Crippen molar-refractivity contribution in [3.63, 3.8) is 0 Å². The van der Waals surface area contributed by atoms with E-state index in [0.717, 1.165) is 23.2 Å². The largest absolute Gasteiger partial charge is 0.363 e. The molecule has 2 rings (SSSR count). The zero-order valence-electron chi connectivity index (χ0n) is 13.1. The average Bonchev–Trinajstić information content (AvgIpc) is 2.59. The van der Waals surface area contributed by atoms with Gasteiger partial charge in [0, 0.05) is 12.1 Å². The van der Waals surface area contributed by atoms with Crippen molar-refractivity contribution in [2.45, 2.75) is 39.7 Å². The van der Waals surface area contributed by atoms with Crippen LogP contribution < -0.4 is 5.32 Å². The lowest BCUT2D eigenvalue weighted by Crippen LogP contribution is -2.10. The maximum absolute atomic E-state index is 12.5. The number of nitrogens with zero attached hydrogens (tertiary/aromatic N) is 3. The van der Waals surface area contributed by atoms with Gasteiger partial charge in [0.05, 0.1) is 5.69 Å². The molecule has 0 aliphatic rings. The van der Waals surface area contributed by atoms with Gasteiger partial charge in [-0.1, -0.05) is 38.1 Å². The van der Waals surface area contributed by atoms with E-state index in [1.807, 2.05) is 13.8 Å². The summed E-state index contributed by atoms with van der Waals surface area (Å²) in [5.41, 5.74) is 3.06. The first-order valence-electron chi connectivity index (χ1n) is 7.50. The van der Waals surface area contributed by atoms with Crippen molar-refractivity contribution in [2.75, 3.05) is 5.32 Å². The quantitative estimate of drug-likeness (QED) is 0.874. The standard InChI is InChI=1S/C17H18F2N4/c1-3-13-14(9-20)17(23-22-15(13)4-2)21-10-11-5-7-12(8-6-11)16(18)19/h5-8,16H,3-4,10H2,1-2H3,(H,21,23). The minimum atomic E-state index is -2.47. The number of benzene rings is 1. The monoisotopic (exact) mass is 316 g/mol. The summed E-state index contributed by atoms with van der Waals surface area (Å²) in [4.78, 5) is 0. The Morgan fingerprint density at radius 3 is 2.35 bits per heavy atom. The molecule has 1 aromatic heterocycles. The molecule has 23 heavy (non-hydrogen) atoms. The SMILES string of the molecule is CCc1nnc(NCc2ccc(C(F)F)cc2)c(C#N)c1CC. The van der Waals surface area contributed by atoms with Crippen LogP contribution in [0.5, 0.6) is 0 Å².